The first kappa shape index (κ1) is 14.0. The molecule has 0 saturated carbocycles. The maximum Gasteiger partial charge on any atom is 0.416 e. The van der Waals surface area contributed by atoms with E-state index in [2.05, 4.69) is 4.18 Å². The molecule has 1 aromatic carbocycles. The number of halogens is 3. The van der Waals surface area contributed by atoms with Gasteiger partial charge in [0.2, 0.25) is 0 Å². The van der Waals surface area contributed by atoms with Crippen LogP contribution in [0, 0.1) is 0 Å². The molecule has 0 unspecified atom stereocenters. The molecule has 96 valence electrons. The Morgan fingerprint density at radius 3 is 2.12 bits per heavy atom. The molecule has 0 atom stereocenters. The summed E-state index contributed by atoms with van der Waals surface area (Å²) in [5, 5.41) is 0. The zero-order valence-corrected chi connectivity index (χ0v) is 9.81. The molecule has 0 fully saturated rings. The van der Waals surface area contributed by atoms with E-state index in [1.165, 1.54) is 0 Å². The molecule has 0 aliphatic heterocycles. The van der Waals surface area contributed by atoms with Gasteiger partial charge in [-0.2, -0.15) is 21.6 Å². The van der Waals surface area contributed by atoms with Crippen molar-refractivity contribution in [3.63, 3.8) is 0 Å². The van der Waals surface area contributed by atoms with E-state index in [0.717, 1.165) is 12.1 Å². The molecule has 0 aromatic heterocycles. The summed E-state index contributed by atoms with van der Waals surface area (Å²) < 4.78 is 64.2. The molecule has 3 nitrogen and oxygen atoms in total. The maximum atomic E-state index is 12.2. The predicted molar refractivity (Wildman–Crippen MR) is 54.9 cm³/mol. The van der Waals surface area contributed by atoms with Crippen molar-refractivity contribution in [2.24, 2.45) is 0 Å². The molecule has 1 rings (SSSR count). The SMILES string of the molecule is CCCOS(=O)(=O)c1ccc(C(F)(F)F)cc1. The fourth-order valence-corrected chi connectivity index (χ4v) is 2.06. The fraction of sp³-hybridized carbons (Fsp3) is 0.400. The van der Waals surface area contributed by atoms with Gasteiger partial charge in [0.25, 0.3) is 10.1 Å². The highest BCUT2D eigenvalue weighted by Crippen LogP contribution is 2.29. The zero-order valence-electron chi connectivity index (χ0n) is 8.99. The van der Waals surface area contributed by atoms with Gasteiger partial charge in [-0.1, -0.05) is 6.92 Å². The minimum Gasteiger partial charge on any atom is -0.266 e. The van der Waals surface area contributed by atoms with E-state index in [1.54, 1.807) is 6.92 Å². The Bertz CT molecular complexity index is 463. The Hall–Kier alpha value is -1.08. The van der Waals surface area contributed by atoms with E-state index in [0.29, 0.717) is 18.6 Å². The van der Waals surface area contributed by atoms with E-state index in [9.17, 15) is 21.6 Å². The van der Waals surface area contributed by atoms with E-state index >= 15 is 0 Å². The van der Waals surface area contributed by atoms with Crippen molar-refractivity contribution in [1.29, 1.82) is 0 Å². The van der Waals surface area contributed by atoms with Crippen LogP contribution in [0.2, 0.25) is 0 Å². The second-order valence-electron chi connectivity index (χ2n) is 3.30. The van der Waals surface area contributed by atoms with E-state index in [-0.39, 0.29) is 11.5 Å². The first-order valence-electron chi connectivity index (χ1n) is 4.84. The van der Waals surface area contributed by atoms with Crippen molar-refractivity contribution < 1.29 is 25.8 Å². The van der Waals surface area contributed by atoms with E-state index in [4.69, 9.17) is 0 Å². The van der Waals surface area contributed by atoms with Crippen LogP contribution in [-0.2, 0) is 20.5 Å². The number of hydrogen-bond acceptors (Lipinski definition) is 3. The van der Waals surface area contributed by atoms with Crippen molar-refractivity contribution in [3.05, 3.63) is 29.8 Å². The summed E-state index contributed by atoms with van der Waals surface area (Å²) in [4.78, 5) is -0.279. The van der Waals surface area contributed by atoms with Gasteiger partial charge in [-0.15, -0.1) is 0 Å². The van der Waals surface area contributed by atoms with Crippen LogP contribution >= 0.6 is 0 Å². The Morgan fingerprint density at radius 2 is 1.71 bits per heavy atom. The summed E-state index contributed by atoms with van der Waals surface area (Å²) in [6, 6.07) is 3.19. The molecule has 7 heteroatoms. The van der Waals surface area contributed by atoms with Crippen molar-refractivity contribution in [1.82, 2.24) is 0 Å². The van der Waals surface area contributed by atoms with Gasteiger partial charge in [0.1, 0.15) is 0 Å². The second kappa shape index (κ2) is 5.05. The molecule has 0 N–H and O–H groups in total. The largest absolute Gasteiger partial charge is 0.416 e. The average Bonchev–Trinajstić information content (AvgIpc) is 2.25. The van der Waals surface area contributed by atoms with Crippen molar-refractivity contribution >= 4 is 10.1 Å². The summed E-state index contributed by atoms with van der Waals surface area (Å²) >= 11 is 0. The average molecular weight is 268 g/mol. The van der Waals surface area contributed by atoms with Gasteiger partial charge in [0, 0.05) is 0 Å². The zero-order chi connectivity index (χ0) is 13.1. The van der Waals surface area contributed by atoms with Crippen LogP contribution in [0.3, 0.4) is 0 Å². The molecule has 0 aliphatic rings. The summed E-state index contributed by atoms with van der Waals surface area (Å²) in [5.41, 5.74) is -0.896. The third kappa shape index (κ3) is 3.71. The van der Waals surface area contributed by atoms with Crippen molar-refractivity contribution in [3.8, 4) is 0 Å². The number of alkyl halides is 3. The van der Waals surface area contributed by atoms with Gasteiger partial charge in [-0.05, 0) is 30.7 Å². The van der Waals surface area contributed by atoms with Crippen molar-refractivity contribution in [2.45, 2.75) is 24.4 Å². The molecule has 0 spiro atoms. The summed E-state index contributed by atoms with van der Waals surface area (Å²) in [6.45, 7) is 1.73. The standard InChI is InChI=1S/C10H11F3O3S/c1-2-7-16-17(14,15)9-5-3-8(4-6-9)10(11,12)13/h3-6H,2,7H2,1H3. The van der Waals surface area contributed by atoms with Crippen LogP contribution in [-0.4, -0.2) is 15.0 Å². The van der Waals surface area contributed by atoms with Gasteiger partial charge in [-0.25, -0.2) is 0 Å². The lowest BCUT2D eigenvalue weighted by molar-refractivity contribution is -0.137. The first-order valence-corrected chi connectivity index (χ1v) is 6.25. The Balaban J connectivity index is 2.95. The van der Waals surface area contributed by atoms with E-state index < -0.39 is 21.9 Å². The molecule has 0 aliphatic carbocycles. The van der Waals surface area contributed by atoms with Crippen LogP contribution in [0.4, 0.5) is 13.2 Å². The normalized spacial score (nSPS) is 12.7. The molecule has 0 radical (unpaired) electrons. The number of hydrogen-bond donors (Lipinski definition) is 0. The second-order valence-corrected chi connectivity index (χ2v) is 4.91. The summed E-state index contributed by atoms with van der Waals surface area (Å²) in [6.07, 6.45) is -3.98. The smallest absolute Gasteiger partial charge is 0.266 e. The van der Waals surface area contributed by atoms with Gasteiger partial charge >= 0.3 is 6.18 Å². The molecule has 1 aromatic rings. The molecule has 17 heavy (non-hydrogen) atoms. The van der Waals surface area contributed by atoms with Crippen LogP contribution in [0.25, 0.3) is 0 Å². The number of rotatable bonds is 4. The van der Waals surface area contributed by atoms with Crippen LogP contribution in [0.15, 0.2) is 29.2 Å². The highest BCUT2D eigenvalue weighted by Gasteiger charge is 2.30. The molecular weight excluding hydrogens is 257 g/mol. The monoisotopic (exact) mass is 268 g/mol. The van der Waals surface area contributed by atoms with Gasteiger partial charge in [-0.3, -0.25) is 4.18 Å². The quantitative estimate of drug-likeness (QED) is 0.789. The predicted octanol–water partition coefficient (Wildman–Crippen LogP) is 2.82. The third-order valence-electron chi connectivity index (χ3n) is 1.91. The summed E-state index contributed by atoms with van der Waals surface area (Å²) in [7, 11) is -3.95. The molecule has 0 saturated heterocycles. The topological polar surface area (TPSA) is 43.4 Å². The van der Waals surface area contributed by atoms with Gasteiger partial charge in [0.15, 0.2) is 0 Å². The van der Waals surface area contributed by atoms with Crippen molar-refractivity contribution in [2.75, 3.05) is 6.61 Å². The Morgan fingerprint density at radius 1 is 1.18 bits per heavy atom. The van der Waals surface area contributed by atoms with Crippen LogP contribution < -0.4 is 0 Å². The Kier molecular flexibility index (Phi) is 4.16. The minimum absolute atomic E-state index is 0.00333. The molecular formula is C10H11F3O3S. The van der Waals surface area contributed by atoms with Crippen LogP contribution in [0.5, 0.6) is 0 Å². The lowest BCUT2D eigenvalue weighted by Gasteiger charge is -2.08. The van der Waals surface area contributed by atoms with Gasteiger partial charge < -0.3 is 0 Å². The lowest BCUT2D eigenvalue weighted by atomic mass is 10.2. The molecule has 0 amide bonds. The Labute approximate surface area is 97.3 Å². The highest BCUT2D eigenvalue weighted by molar-refractivity contribution is 7.86. The number of benzene rings is 1. The molecule has 0 heterocycles. The first-order chi connectivity index (χ1) is 7.77. The van der Waals surface area contributed by atoms with E-state index in [1.807, 2.05) is 0 Å². The fourth-order valence-electron chi connectivity index (χ4n) is 1.07. The molecule has 0 bridgehead atoms. The van der Waals surface area contributed by atoms with Crippen LogP contribution in [0.1, 0.15) is 18.9 Å². The highest BCUT2D eigenvalue weighted by atomic mass is 32.2. The van der Waals surface area contributed by atoms with Gasteiger partial charge in [0.05, 0.1) is 17.1 Å². The maximum absolute atomic E-state index is 12.2. The summed E-state index contributed by atoms with van der Waals surface area (Å²) in [5.74, 6) is 0. The minimum atomic E-state index is -4.48. The lowest BCUT2D eigenvalue weighted by Crippen LogP contribution is -2.09. The third-order valence-corrected chi connectivity index (χ3v) is 3.24.